The van der Waals surface area contributed by atoms with Crippen LogP contribution in [0.4, 0.5) is 4.39 Å². The first-order chi connectivity index (χ1) is 10.2. The summed E-state index contributed by atoms with van der Waals surface area (Å²) in [6, 6.07) is 3.93. The van der Waals surface area contributed by atoms with Gasteiger partial charge in [-0.15, -0.1) is 0 Å². The maximum Gasteiger partial charge on any atom is 0.307 e. The molecule has 0 atom stereocenters. The highest BCUT2D eigenvalue weighted by molar-refractivity contribution is 6.56. The summed E-state index contributed by atoms with van der Waals surface area (Å²) in [5.74, 6) is -1.84. The lowest BCUT2D eigenvalue weighted by Gasteiger charge is -2.13. The molecule has 0 spiro atoms. The largest absolute Gasteiger partial charge is 0.481 e. The Hall–Kier alpha value is -0.710. The predicted octanol–water partition coefficient (Wildman–Crippen LogP) is 6.39. The number of benzene rings is 2. The molecule has 0 amide bonds. The summed E-state index contributed by atoms with van der Waals surface area (Å²) < 4.78 is 14.0. The molecule has 2 nitrogen and oxygen atoms in total. The Bertz CT molecular complexity index is 747. The molecule has 0 bridgehead atoms. The molecule has 0 aliphatic heterocycles. The molecule has 0 radical (unpaired) electrons. The van der Waals surface area contributed by atoms with Gasteiger partial charge in [0.15, 0.2) is 0 Å². The number of carboxylic acid groups (broad SMARTS) is 1. The average molecular weight is 402 g/mol. The molecular formula is C14H6Cl5FO2. The SMILES string of the molecule is O=C(O)Cc1ccc(-c2c(Cl)c(Cl)c(Cl)c(Cl)c2Cl)cc1F. The molecular weight excluding hydrogens is 396 g/mol. The van der Waals surface area contributed by atoms with Gasteiger partial charge >= 0.3 is 5.97 Å². The second-order valence-electron chi connectivity index (χ2n) is 4.32. The van der Waals surface area contributed by atoms with Crippen LogP contribution >= 0.6 is 58.0 Å². The van der Waals surface area contributed by atoms with Crippen molar-refractivity contribution in [3.63, 3.8) is 0 Å². The van der Waals surface area contributed by atoms with E-state index in [1.165, 1.54) is 12.1 Å². The second kappa shape index (κ2) is 6.81. The molecule has 0 heterocycles. The van der Waals surface area contributed by atoms with Crippen LogP contribution in [0.25, 0.3) is 11.1 Å². The van der Waals surface area contributed by atoms with Crippen molar-refractivity contribution in [2.24, 2.45) is 0 Å². The molecule has 2 aromatic carbocycles. The van der Waals surface area contributed by atoms with Gasteiger partial charge in [-0.2, -0.15) is 0 Å². The van der Waals surface area contributed by atoms with Gasteiger partial charge in [0.05, 0.1) is 31.5 Å². The van der Waals surface area contributed by atoms with E-state index in [0.717, 1.165) is 6.07 Å². The van der Waals surface area contributed by atoms with Gasteiger partial charge in [-0.05, 0) is 17.2 Å². The van der Waals surface area contributed by atoms with E-state index >= 15 is 0 Å². The minimum absolute atomic E-state index is 0.00255. The van der Waals surface area contributed by atoms with Crippen LogP contribution in [0.2, 0.25) is 25.1 Å². The quantitative estimate of drug-likeness (QED) is 0.477. The second-order valence-corrected chi connectivity index (χ2v) is 6.21. The highest BCUT2D eigenvalue weighted by Crippen LogP contribution is 2.48. The van der Waals surface area contributed by atoms with Crippen molar-refractivity contribution in [2.75, 3.05) is 0 Å². The number of aliphatic carboxylic acids is 1. The van der Waals surface area contributed by atoms with Crippen molar-refractivity contribution in [2.45, 2.75) is 6.42 Å². The van der Waals surface area contributed by atoms with Gasteiger partial charge in [0.2, 0.25) is 0 Å². The summed E-state index contributed by atoms with van der Waals surface area (Å²) in [6.45, 7) is 0. The molecule has 8 heteroatoms. The number of carboxylic acids is 1. The van der Waals surface area contributed by atoms with E-state index in [4.69, 9.17) is 63.1 Å². The van der Waals surface area contributed by atoms with Gasteiger partial charge in [-0.1, -0.05) is 70.1 Å². The molecule has 22 heavy (non-hydrogen) atoms. The molecule has 2 rings (SSSR count). The summed E-state index contributed by atoms with van der Waals surface area (Å²) in [5, 5.41) is 8.79. The van der Waals surface area contributed by atoms with Crippen molar-refractivity contribution in [3.05, 3.63) is 54.7 Å². The van der Waals surface area contributed by atoms with E-state index in [1.54, 1.807) is 0 Å². The third-order valence-electron chi connectivity index (χ3n) is 2.89. The molecule has 1 N–H and O–H groups in total. The Labute approximate surface area is 150 Å². The smallest absolute Gasteiger partial charge is 0.307 e. The van der Waals surface area contributed by atoms with Crippen molar-refractivity contribution >= 4 is 64.0 Å². The average Bonchev–Trinajstić information content (AvgIpc) is 2.45. The van der Waals surface area contributed by atoms with E-state index in [0.29, 0.717) is 5.56 Å². The van der Waals surface area contributed by atoms with Gasteiger partial charge in [-0.25, -0.2) is 4.39 Å². The third kappa shape index (κ3) is 3.29. The number of hydrogen-bond donors (Lipinski definition) is 1. The minimum atomic E-state index is -1.14. The summed E-state index contributed by atoms with van der Waals surface area (Å²) in [7, 11) is 0. The van der Waals surface area contributed by atoms with Gasteiger partial charge in [0.25, 0.3) is 0 Å². The van der Waals surface area contributed by atoms with Crippen LogP contribution in [0.1, 0.15) is 5.56 Å². The Morgan fingerprint density at radius 2 is 1.45 bits per heavy atom. The highest BCUT2D eigenvalue weighted by atomic mass is 35.5. The van der Waals surface area contributed by atoms with Gasteiger partial charge < -0.3 is 5.11 Å². The normalized spacial score (nSPS) is 10.8. The molecule has 116 valence electrons. The lowest BCUT2D eigenvalue weighted by atomic mass is 10.0. The monoisotopic (exact) mass is 400 g/mol. The van der Waals surface area contributed by atoms with Crippen molar-refractivity contribution in [1.29, 1.82) is 0 Å². The molecule has 2 aromatic rings. The Morgan fingerprint density at radius 1 is 0.955 bits per heavy atom. The van der Waals surface area contributed by atoms with Crippen LogP contribution in [-0.2, 0) is 11.2 Å². The van der Waals surface area contributed by atoms with Crippen LogP contribution in [-0.4, -0.2) is 11.1 Å². The number of carbonyl (C=O) groups is 1. The van der Waals surface area contributed by atoms with Crippen molar-refractivity contribution < 1.29 is 14.3 Å². The fourth-order valence-electron chi connectivity index (χ4n) is 1.87. The first-order valence-corrected chi connectivity index (χ1v) is 7.65. The van der Waals surface area contributed by atoms with Crippen molar-refractivity contribution in [3.8, 4) is 11.1 Å². The summed E-state index contributed by atoms with van der Waals surface area (Å²) >= 11 is 30.1. The topological polar surface area (TPSA) is 37.3 Å². The molecule has 0 saturated carbocycles. The van der Waals surface area contributed by atoms with Crippen LogP contribution in [0.3, 0.4) is 0 Å². The van der Waals surface area contributed by atoms with Gasteiger partial charge in [-0.3, -0.25) is 4.79 Å². The van der Waals surface area contributed by atoms with Gasteiger partial charge in [0, 0.05) is 5.56 Å². The van der Waals surface area contributed by atoms with Crippen molar-refractivity contribution in [1.82, 2.24) is 0 Å². The van der Waals surface area contributed by atoms with E-state index in [9.17, 15) is 9.18 Å². The Balaban J connectivity index is 2.63. The highest BCUT2D eigenvalue weighted by Gasteiger charge is 2.21. The lowest BCUT2D eigenvalue weighted by Crippen LogP contribution is -2.02. The first-order valence-electron chi connectivity index (χ1n) is 5.76. The molecule has 0 unspecified atom stereocenters. The zero-order valence-electron chi connectivity index (χ0n) is 10.6. The zero-order valence-corrected chi connectivity index (χ0v) is 14.3. The Kier molecular flexibility index (Phi) is 5.46. The number of rotatable bonds is 3. The zero-order chi connectivity index (χ0) is 16.6. The van der Waals surface area contributed by atoms with E-state index in [1.807, 2.05) is 0 Å². The maximum absolute atomic E-state index is 14.0. The fraction of sp³-hybridized carbons (Fsp3) is 0.0714. The number of halogens is 6. The maximum atomic E-state index is 14.0. The van der Waals surface area contributed by atoms with Crippen LogP contribution in [0.5, 0.6) is 0 Å². The molecule has 0 aliphatic rings. The van der Waals surface area contributed by atoms with Crippen LogP contribution in [0.15, 0.2) is 18.2 Å². The molecule has 0 saturated heterocycles. The molecule has 0 fully saturated rings. The van der Waals surface area contributed by atoms with E-state index in [2.05, 4.69) is 0 Å². The summed E-state index contributed by atoms with van der Waals surface area (Å²) in [5.41, 5.74) is 0.570. The summed E-state index contributed by atoms with van der Waals surface area (Å²) in [6.07, 6.45) is -0.435. The lowest BCUT2D eigenvalue weighted by molar-refractivity contribution is -0.136. The fourth-order valence-corrected chi connectivity index (χ4v) is 3.22. The first kappa shape index (κ1) is 17.6. The van der Waals surface area contributed by atoms with Gasteiger partial charge in [0.1, 0.15) is 5.82 Å². The standard InChI is InChI=1S/C14H6Cl5FO2/c15-10-9(11(16)13(18)14(19)12(10)17)6-2-1-5(4-8(21)22)7(20)3-6/h1-3H,4H2,(H,21,22). The van der Waals surface area contributed by atoms with E-state index < -0.39 is 18.2 Å². The molecule has 0 aromatic heterocycles. The summed E-state index contributed by atoms with van der Waals surface area (Å²) in [4.78, 5) is 10.7. The Morgan fingerprint density at radius 3 is 1.91 bits per heavy atom. The minimum Gasteiger partial charge on any atom is -0.481 e. The van der Waals surface area contributed by atoms with E-state index in [-0.39, 0.29) is 36.2 Å². The van der Waals surface area contributed by atoms with Crippen LogP contribution < -0.4 is 0 Å². The van der Waals surface area contributed by atoms with Crippen LogP contribution in [0, 0.1) is 5.82 Å². The third-order valence-corrected chi connectivity index (χ3v) is 5.17. The molecule has 0 aliphatic carbocycles. The number of hydrogen-bond acceptors (Lipinski definition) is 1. The predicted molar refractivity (Wildman–Crippen MR) is 88.2 cm³/mol.